The van der Waals surface area contributed by atoms with Crippen molar-refractivity contribution in [2.75, 3.05) is 0 Å². The maximum atomic E-state index is 13.1. The molecule has 1 aromatic carbocycles. The fraction of sp³-hybridized carbons (Fsp3) is 0.519. The summed E-state index contributed by atoms with van der Waals surface area (Å²) < 4.78 is 39.2. The van der Waals surface area contributed by atoms with Crippen molar-refractivity contribution in [2.24, 2.45) is 5.41 Å². The van der Waals surface area contributed by atoms with E-state index >= 15 is 0 Å². The lowest BCUT2D eigenvalue weighted by molar-refractivity contribution is -0.137. The molecule has 1 saturated carbocycles. The molecule has 33 heavy (non-hydrogen) atoms. The fourth-order valence-corrected chi connectivity index (χ4v) is 5.62. The molecule has 3 nitrogen and oxygen atoms in total. The van der Waals surface area contributed by atoms with Gasteiger partial charge >= 0.3 is 6.18 Å². The number of allylic oxidation sites excluding steroid dienone is 1. The number of alkyl halides is 3. The van der Waals surface area contributed by atoms with Crippen LogP contribution >= 0.6 is 0 Å². The normalized spacial score (nSPS) is 21.6. The van der Waals surface area contributed by atoms with Gasteiger partial charge in [-0.25, -0.2) is 0 Å². The highest BCUT2D eigenvalue weighted by molar-refractivity contribution is 5.66. The number of hydrogen-bond donors (Lipinski definition) is 2. The molecule has 6 heteroatoms. The Labute approximate surface area is 193 Å². The summed E-state index contributed by atoms with van der Waals surface area (Å²) in [6.07, 6.45) is -0.919. The van der Waals surface area contributed by atoms with Gasteiger partial charge < -0.3 is 10.2 Å². The predicted molar refractivity (Wildman–Crippen MR) is 123 cm³/mol. The zero-order valence-electron chi connectivity index (χ0n) is 19.5. The number of benzene rings is 1. The van der Waals surface area contributed by atoms with E-state index in [9.17, 15) is 23.4 Å². The Morgan fingerprint density at radius 2 is 1.73 bits per heavy atom. The van der Waals surface area contributed by atoms with E-state index in [2.05, 4.69) is 20.4 Å². The van der Waals surface area contributed by atoms with Crippen molar-refractivity contribution in [1.82, 2.24) is 4.98 Å². The maximum absolute atomic E-state index is 13.1. The molecule has 2 N–H and O–H groups in total. The average Bonchev–Trinajstić information content (AvgIpc) is 3.25. The van der Waals surface area contributed by atoms with Crippen molar-refractivity contribution in [1.29, 1.82) is 0 Å². The Hall–Kier alpha value is -2.18. The number of fused-ring (bicyclic) bond motifs is 1. The minimum absolute atomic E-state index is 0.105. The van der Waals surface area contributed by atoms with Gasteiger partial charge in [0.25, 0.3) is 0 Å². The Morgan fingerprint density at radius 1 is 1.12 bits per heavy atom. The molecular formula is C27H32F3NO2. The van der Waals surface area contributed by atoms with Crippen LogP contribution in [0.3, 0.4) is 0 Å². The van der Waals surface area contributed by atoms with Crippen LogP contribution in [0, 0.1) is 5.41 Å². The molecular weight excluding hydrogens is 427 g/mol. The van der Waals surface area contributed by atoms with Crippen LogP contribution < -0.4 is 0 Å². The third kappa shape index (κ3) is 4.60. The fourth-order valence-electron chi connectivity index (χ4n) is 5.62. The SMILES string of the molecule is C=C(C)c1nc2c(c(C3CCCC3)c1C(O)c1ccc(C(F)(F)F)cc1)[C@@H](O)CC(C)(C)C2. The zero-order chi connectivity index (χ0) is 24.1. The van der Waals surface area contributed by atoms with Crippen LogP contribution in [0.2, 0.25) is 0 Å². The number of pyridine rings is 1. The first-order chi connectivity index (χ1) is 15.4. The molecule has 1 unspecified atom stereocenters. The molecule has 1 heterocycles. The predicted octanol–water partition coefficient (Wildman–Crippen LogP) is 6.88. The lowest BCUT2D eigenvalue weighted by Gasteiger charge is -2.38. The Bertz CT molecular complexity index is 1050. The van der Waals surface area contributed by atoms with E-state index in [1.54, 1.807) is 0 Å². The van der Waals surface area contributed by atoms with Crippen LogP contribution in [0.25, 0.3) is 5.57 Å². The van der Waals surface area contributed by atoms with E-state index in [1.165, 1.54) is 12.1 Å². The molecule has 2 aromatic rings. The summed E-state index contributed by atoms with van der Waals surface area (Å²) in [4.78, 5) is 4.89. The Morgan fingerprint density at radius 3 is 2.27 bits per heavy atom. The van der Waals surface area contributed by atoms with Gasteiger partial charge in [-0.3, -0.25) is 4.98 Å². The summed E-state index contributed by atoms with van der Waals surface area (Å²) in [6.45, 7) is 10.2. The number of halogens is 3. The highest BCUT2D eigenvalue weighted by Gasteiger charge is 2.39. The molecule has 0 bridgehead atoms. The van der Waals surface area contributed by atoms with Gasteiger partial charge in [0, 0.05) is 16.8 Å². The molecule has 1 aromatic heterocycles. The Balaban J connectivity index is 1.93. The van der Waals surface area contributed by atoms with Gasteiger partial charge in [0.15, 0.2) is 0 Å². The van der Waals surface area contributed by atoms with Crippen molar-refractivity contribution in [2.45, 2.75) is 83.6 Å². The van der Waals surface area contributed by atoms with E-state index in [-0.39, 0.29) is 11.3 Å². The van der Waals surface area contributed by atoms with Crippen LogP contribution in [0.4, 0.5) is 13.2 Å². The van der Waals surface area contributed by atoms with Gasteiger partial charge in [-0.1, -0.05) is 45.4 Å². The minimum Gasteiger partial charge on any atom is -0.388 e. The third-order valence-electron chi connectivity index (χ3n) is 7.11. The second-order valence-corrected chi connectivity index (χ2v) is 10.5. The van der Waals surface area contributed by atoms with E-state index in [0.717, 1.165) is 61.1 Å². The van der Waals surface area contributed by atoms with Crippen LogP contribution in [-0.4, -0.2) is 15.2 Å². The maximum Gasteiger partial charge on any atom is 0.416 e. The monoisotopic (exact) mass is 459 g/mol. The number of aromatic nitrogens is 1. The van der Waals surface area contributed by atoms with E-state index in [4.69, 9.17) is 4.98 Å². The molecule has 0 aliphatic heterocycles. The molecule has 2 atom stereocenters. The van der Waals surface area contributed by atoms with E-state index < -0.39 is 23.9 Å². The van der Waals surface area contributed by atoms with Crippen molar-refractivity contribution in [3.8, 4) is 0 Å². The number of aliphatic hydroxyl groups excluding tert-OH is 2. The summed E-state index contributed by atoms with van der Waals surface area (Å²) in [6, 6.07) is 4.65. The third-order valence-corrected chi connectivity index (χ3v) is 7.11. The van der Waals surface area contributed by atoms with Gasteiger partial charge in [-0.05, 0) is 72.8 Å². The first-order valence-corrected chi connectivity index (χ1v) is 11.6. The molecule has 0 saturated heterocycles. The minimum atomic E-state index is -4.44. The molecule has 4 rings (SSSR count). The van der Waals surface area contributed by atoms with Gasteiger partial charge in [0.2, 0.25) is 0 Å². The van der Waals surface area contributed by atoms with Gasteiger partial charge in [-0.2, -0.15) is 13.2 Å². The molecule has 1 fully saturated rings. The molecule has 0 amide bonds. The van der Waals surface area contributed by atoms with Crippen LogP contribution in [0.1, 0.15) is 110 Å². The van der Waals surface area contributed by atoms with Gasteiger partial charge in [0.1, 0.15) is 6.10 Å². The van der Waals surface area contributed by atoms with Crippen LogP contribution in [0.15, 0.2) is 30.8 Å². The van der Waals surface area contributed by atoms with E-state index in [1.807, 2.05) is 6.92 Å². The summed E-state index contributed by atoms with van der Waals surface area (Å²) in [5.74, 6) is 0.176. The summed E-state index contributed by atoms with van der Waals surface area (Å²) >= 11 is 0. The van der Waals surface area contributed by atoms with Crippen molar-refractivity contribution < 1.29 is 23.4 Å². The molecule has 0 radical (unpaired) electrons. The average molecular weight is 460 g/mol. The first-order valence-electron chi connectivity index (χ1n) is 11.6. The lowest BCUT2D eigenvalue weighted by atomic mass is 9.70. The summed E-state index contributed by atoms with van der Waals surface area (Å²) in [7, 11) is 0. The second kappa shape index (κ2) is 8.55. The lowest BCUT2D eigenvalue weighted by Crippen LogP contribution is -2.30. The summed E-state index contributed by atoms with van der Waals surface area (Å²) in [5.41, 5.74) is 3.98. The van der Waals surface area contributed by atoms with Gasteiger partial charge in [0.05, 0.1) is 17.4 Å². The highest BCUT2D eigenvalue weighted by Crippen LogP contribution is 2.50. The second-order valence-electron chi connectivity index (χ2n) is 10.5. The standard InChI is InChI=1S/C27H32F3NO2/c1-15(2)24-23(25(33)17-9-11-18(12-10-17)27(28,29)30)21(16-7-5-6-8-16)22-19(31-24)13-26(3,4)14-20(22)32/h9-12,16,20,25,32-33H,1,5-8,13-14H2,2-4H3/t20-,25?/m0/s1. The van der Waals surface area contributed by atoms with Crippen LogP contribution in [0.5, 0.6) is 0 Å². The Kier molecular flexibility index (Phi) is 6.21. The largest absolute Gasteiger partial charge is 0.416 e. The highest BCUT2D eigenvalue weighted by atomic mass is 19.4. The molecule has 178 valence electrons. The van der Waals surface area contributed by atoms with Crippen molar-refractivity contribution >= 4 is 5.57 Å². The van der Waals surface area contributed by atoms with Gasteiger partial charge in [-0.15, -0.1) is 0 Å². The number of hydrogen-bond acceptors (Lipinski definition) is 3. The van der Waals surface area contributed by atoms with E-state index in [0.29, 0.717) is 28.8 Å². The first kappa shape index (κ1) is 24.0. The number of rotatable bonds is 4. The molecule has 2 aliphatic carbocycles. The van der Waals surface area contributed by atoms with Crippen molar-refractivity contribution in [3.63, 3.8) is 0 Å². The summed E-state index contributed by atoms with van der Waals surface area (Å²) in [5, 5.41) is 22.7. The quantitative estimate of drug-likeness (QED) is 0.524. The zero-order valence-corrected chi connectivity index (χ0v) is 19.5. The number of aliphatic hydroxyl groups is 2. The smallest absolute Gasteiger partial charge is 0.388 e. The topological polar surface area (TPSA) is 53.4 Å². The molecule has 2 aliphatic rings. The van der Waals surface area contributed by atoms with Crippen LogP contribution in [-0.2, 0) is 12.6 Å². The molecule has 0 spiro atoms. The van der Waals surface area contributed by atoms with Crippen molar-refractivity contribution in [3.05, 3.63) is 70.0 Å². The number of nitrogens with zero attached hydrogens (tertiary/aromatic N) is 1.